The number of halogens is 1. The first-order valence-corrected chi connectivity index (χ1v) is 6.37. The summed E-state index contributed by atoms with van der Waals surface area (Å²) in [6.07, 6.45) is 0. The van der Waals surface area contributed by atoms with Crippen LogP contribution in [0.25, 0.3) is 0 Å². The topological polar surface area (TPSA) is 21.3 Å². The fourth-order valence-corrected chi connectivity index (χ4v) is 2.35. The first-order valence-electron chi connectivity index (χ1n) is 5.99. The lowest BCUT2D eigenvalue weighted by Gasteiger charge is -2.34. The van der Waals surface area contributed by atoms with Gasteiger partial charge in [-0.1, -0.05) is 23.7 Å². The molecule has 1 unspecified atom stereocenters. The molecule has 3 heteroatoms. The van der Waals surface area contributed by atoms with Crippen molar-refractivity contribution in [3.63, 3.8) is 0 Å². The van der Waals surface area contributed by atoms with Gasteiger partial charge in [0.15, 0.2) is 0 Å². The summed E-state index contributed by atoms with van der Waals surface area (Å²) in [5.41, 5.74) is 1.99. The number of aryl methyl sites for hydroxylation is 1. The number of hydrogen-bond acceptors (Lipinski definition) is 2. The van der Waals surface area contributed by atoms with Crippen LogP contribution in [0.15, 0.2) is 18.2 Å². The molecule has 0 saturated carbocycles. The molecule has 1 aromatic rings. The van der Waals surface area contributed by atoms with Crippen molar-refractivity contribution in [2.24, 2.45) is 0 Å². The Labute approximate surface area is 109 Å². The Balaban J connectivity index is 3.05. The minimum atomic E-state index is -0.262. The molecule has 17 heavy (non-hydrogen) atoms. The maximum absolute atomic E-state index is 6.17. The summed E-state index contributed by atoms with van der Waals surface area (Å²) in [7, 11) is 1.94. The normalized spacial score (nSPS) is 13.8. The van der Waals surface area contributed by atoms with Gasteiger partial charge in [0.2, 0.25) is 0 Å². The molecule has 96 valence electrons. The van der Waals surface area contributed by atoms with Gasteiger partial charge in [-0.3, -0.25) is 0 Å². The Hall–Kier alpha value is -0.570. The van der Waals surface area contributed by atoms with Gasteiger partial charge >= 0.3 is 0 Å². The molecule has 1 rings (SSSR count). The van der Waals surface area contributed by atoms with E-state index in [2.05, 4.69) is 25.2 Å². The van der Waals surface area contributed by atoms with Crippen LogP contribution in [0.2, 0.25) is 5.02 Å². The molecular weight excluding hydrogens is 234 g/mol. The van der Waals surface area contributed by atoms with E-state index in [9.17, 15) is 0 Å². The van der Waals surface area contributed by atoms with E-state index in [1.54, 1.807) is 0 Å². The summed E-state index contributed by atoms with van der Waals surface area (Å²) in [5.74, 6) is 0. The van der Waals surface area contributed by atoms with Crippen molar-refractivity contribution in [3.05, 3.63) is 34.3 Å². The Morgan fingerprint density at radius 2 is 2.06 bits per heavy atom. The summed E-state index contributed by atoms with van der Waals surface area (Å²) in [5, 5.41) is 4.11. The molecule has 0 fully saturated rings. The smallest absolute Gasteiger partial charge is 0.0820 e. The van der Waals surface area contributed by atoms with E-state index in [0.29, 0.717) is 6.61 Å². The largest absolute Gasteiger partial charge is 0.374 e. The SMILES string of the molecule is CCOC(C)(C)C(NC)c1ccc(C)c(Cl)c1. The Morgan fingerprint density at radius 3 is 2.53 bits per heavy atom. The van der Waals surface area contributed by atoms with E-state index >= 15 is 0 Å². The van der Waals surface area contributed by atoms with Crippen LogP contribution in [0.4, 0.5) is 0 Å². The molecule has 0 amide bonds. The highest BCUT2D eigenvalue weighted by Crippen LogP contribution is 2.30. The van der Waals surface area contributed by atoms with Gasteiger partial charge in [-0.05, 0) is 51.9 Å². The van der Waals surface area contributed by atoms with Crippen LogP contribution in [0.3, 0.4) is 0 Å². The van der Waals surface area contributed by atoms with E-state index in [1.165, 1.54) is 0 Å². The van der Waals surface area contributed by atoms with Crippen LogP contribution in [-0.2, 0) is 4.74 Å². The molecule has 0 saturated heterocycles. The molecule has 0 spiro atoms. The third-order valence-corrected chi connectivity index (χ3v) is 3.44. The highest BCUT2D eigenvalue weighted by Gasteiger charge is 2.30. The van der Waals surface area contributed by atoms with E-state index in [4.69, 9.17) is 16.3 Å². The van der Waals surface area contributed by atoms with E-state index in [1.807, 2.05) is 33.0 Å². The molecule has 0 aliphatic heterocycles. The predicted octanol–water partition coefficient (Wildman–Crippen LogP) is 3.72. The standard InChI is InChI=1S/C14H22ClNO/c1-6-17-14(3,4)13(16-5)11-8-7-10(2)12(15)9-11/h7-9,13,16H,6H2,1-5H3. The van der Waals surface area contributed by atoms with Crippen molar-refractivity contribution in [3.8, 4) is 0 Å². The van der Waals surface area contributed by atoms with Gasteiger partial charge < -0.3 is 10.1 Å². The lowest BCUT2D eigenvalue weighted by Crippen LogP contribution is -2.40. The van der Waals surface area contributed by atoms with Gasteiger partial charge in [0.25, 0.3) is 0 Å². The van der Waals surface area contributed by atoms with E-state index < -0.39 is 0 Å². The van der Waals surface area contributed by atoms with Gasteiger partial charge in [-0.15, -0.1) is 0 Å². The minimum absolute atomic E-state index is 0.126. The molecule has 0 aliphatic carbocycles. The second-order valence-corrected chi connectivity index (χ2v) is 5.17. The summed E-state index contributed by atoms with van der Waals surface area (Å²) in [6, 6.07) is 6.28. The molecule has 2 nitrogen and oxygen atoms in total. The Bertz CT molecular complexity index is 376. The highest BCUT2D eigenvalue weighted by molar-refractivity contribution is 6.31. The van der Waals surface area contributed by atoms with Crippen LogP contribution >= 0.6 is 11.6 Å². The molecule has 1 aromatic carbocycles. The average molecular weight is 256 g/mol. The molecule has 0 heterocycles. The van der Waals surface area contributed by atoms with Crippen LogP contribution in [0.5, 0.6) is 0 Å². The zero-order valence-corrected chi connectivity index (χ0v) is 12.1. The predicted molar refractivity (Wildman–Crippen MR) is 73.7 cm³/mol. The average Bonchev–Trinajstić information content (AvgIpc) is 2.23. The van der Waals surface area contributed by atoms with Crippen molar-refractivity contribution in [2.75, 3.05) is 13.7 Å². The third kappa shape index (κ3) is 3.44. The molecule has 1 N–H and O–H groups in total. The lowest BCUT2D eigenvalue weighted by molar-refractivity contribution is -0.0374. The second-order valence-electron chi connectivity index (χ2n) is 4.77. The van der Waals surface area contributed by atoms with Gasteiger partial charge in [-0.25, -0.2) is 0 Å². The van der Waals surface area contributed by atoms with Crippen LogP contribution < -0.4 is 5.32 Å². The number of rotatable bonds is 5. The molecule has 0 aromatic heterocycles. The van der Waals surface area contributed by atoms with Crippen molar-refractivity contribution in [2.45, 2.75) is 39.3 Å². The lowest BCUT2D eigenvalue weighted by atomic mass is 9.91. The fraction of sp³-hybridized carbons (Fsp3) is 0.571. The summed E-state index contributed by atoms with van der Waals surface area (Å²) < 4.78 is 5.80. The quantitative estimate of drug-likeness (QED) is 0.866. The summed E-state index contributed by atoms with van der Waals surface area (Å²) in [4.78, 5) is 0. The van der Waals surface area contributed by atoms with Gasteiger partial charge in [0.1, 0.15) is 0 Å². The number of benzene rings is 1. The molecular formula is C14H22ClNO. The monoisotopic (exact) mass is 255 g/mol. The number of nitrogens with one attached hydrogen (secondary N) is 1. The third-order valence-electron chi connectivity index (χ3n) is 3.03. The van der Waals surface area contributed by atoms with Crippen molar-refractivity contribution in [1.82, 2.24) is 5.32 Å². The summed E-state index contributed by atoms with van der Waals surface area (Å²) >= 11 is 6.17. The van der Waals surface area contributed by atoms with Gasteiger partial charge in [0, 0.05) is 11.6 Å². The van der Waals surface area contributed by atoms with E-state index in [-0.39, 0.29) is 11.6 Å². The van der Waals surface area contributed by atoms with Gasteiger partial charge in [0.05, 0.1) is 11.6 Å². The van der Waals surface area contributed by atoms with Crippen molar-refractivity contribution in [1.29, 1.82) is 0 Å². The van der Waals surface area contributed by atoms with Crippen LogP contribution in [-0.4, -0.2) is 19.3 Å². The highest BCUT2D eigenvalue weighted by atomic mass is 35.5. The first-order chi connectivity index (χ1) is 7.92. The van der Waals surface area contributed by atoms with Crippen molar-refractivity contribution >= 4 is 11.6 Å². The zero-order valence-electron chi connectivity index (χ0n) is 11.3. The summed E-state index contributed by atoms with van der Waals surface area (Å²) in [6.45, 7) is 8.90. The first kappa shape index (κ1) is 14.5. The molecule has 1 atom stereocenters. The molecule has 0 radical (unpaired) electrons. The van der Waals surface area contributed by atoms with E-state index in [0.717, 1.165) is 16.1 Å². The van der Waals surface area contributed by atoms with Gasteiger partial charge in [-0.2, -0.15) is 0 Å². The Morgan fingerprint density at radius 1 is 1.41 bits per heavy atom. The van der Waals surface area contributed by atoms with Crippen LogP contribution in [0, 0.1) is 6.92 Å². The van der Waals surface area contributed by atoms with Crippen LogP contribution in [0.1, 0.15) is 37.9 Å². The number of hydrogen-bond donors (Lipinski definition) is 1. The number of ether oxygens (including phenoxy) is 1. The molecule has 0 bridgehead atoms. The fourth-order valence-electron chi connectivity index (χ4n) is 2.16. The number of likely N-dealkylation sites (N-methyl/N-ethyl adjacent to an activating group) is 1. The minimum Gasteiger partial charge on any atom is -0.374 e. The molecule has 0 aliphatic rings. The Kier molecular flexibility index (Phi) is 4.99. The maximum atomic E-state index is 6.17. The zero-order chi connectivity index (χ0) is 13.1. The maximum Gasteiger partial charge on any atom is 0.0820 e. The van der Waals surface area contributed by atoms with Crippen molar-refractivity contribution < 1.29 is 4.74 Å². The second kappa shape index (κ2) is 5.85.